The second kappa shape index (κ2) is 8.20. The van der Waals surface area contributed by atoms with Crippen LogP contribution in [0.2, 0.25) is 0 Å². The van der Waals surface area contributed by atoms with Gasteiger partial charge in [-0.2, -0.15) is 0 Å². The number of aromatic amines is 1. The Balaban J connectivity index is 1.77. The summed E-state index contributed by atoms with van der Waals surface area (Å²) in [7, 11) is 0. The smallest absolute Gasteiger partial charge is 0.241 e. The van der Waals surface area contributed by atoms with Gasteiger partial charge >= 0.3 is 0 Å². The molecule has 1 aromatic heterocycles. The van der Waals surface area contributed by atoms with Crippen LogP contribution < -0.4 is 10.5 Å². The molecule has 1 amide bonds. The van der Waals surface area contributed by atoms with Crippen molar-refractivity contribution in [3.63, 3.8) is 0 Å². The molecule has 0 saturated heterocycles. The molecule has 3 N–H and O–H groups in total. The number of alkyl halides is 2. The highest BCUT2D eigenvalue weighted by Gasteiger charge is 2.37. The van der Waals surface area contributed by atoms with Crippen molar-refractivity contribution in [3.05, 3.63) is 53.3 Å². The maximum absolute atomic E-state index is 14.4. The predicted molar refractivity (Wildman–Crippen MR) is 104 cm³/mol. The SMILES string of the molecule is NC(=O)[C@H]1C[C@@H](c2c(-c3ccc(F)c(OCCC(F)F)c3)[nH]c3c(F)cc(F)cc32)C1. The van der Waals surface area contributed by atoms with Crippen molar-refractivity contribution in [2.45, 2.75) is 31.6 Å². The topological polar surface area (TPSA) is 68.1 Å². The van der Waals surface area contributed by atoms with E-state index in [1.165, 1.54) is 18.2 Å². The number of ether oxygens (including phenoxy) is 1. The number of aromatic nitrogens is 1. The van der Waals surface area contributed by atoms with Gasteiger partial charge in [-0.15, -0.1) is 0 Å². The van der Waals surface area contributed by atoms with Gasteiger partial charge in [-0.25, -0.2) is 22.0 Å². The van der Waals surface area contributed by atoms with Crippen LogP contribution in [-0.4, -0.2) is 23.9 Å². The molecule has 0 aliphatic heterocycles. The number of nitrogens with one attached hydrogen (secondary N) is 1. The zero-order valence-electron chi connectivity index (χ0n) is 16.2. The summed E-state index contributed by atoms with van der Waals surface area (Å²) in [6.45, 7) is -0.375. The third-order valence-electron chi connectivity index (χ3n) is 5.63. The van der Waals surface area contributed by atoms with Gasteiger partial charge in [-0.05, 0) is 48.6 Å². The number of rotatable bonds is 7. The van der Waals surface area contributed by atoms with Crippen LogP contribution in [0.3, 0.4) is 0 Å². The summed E-state index contributed by atoms with van der Waals surface area (Å²) < 4.78 is 72.4. The van der Waals surface area contributed by atoms with Crippen LogP contribution in [0.4, 0.5) is 22.0 Å². The molecule has 1 aliphatic rings. The van der Waals surface area contributed by atoms with Crippen molar-refractivity contribution in [3.8, 4) is 17.0 Å². The molecular weight excluding hydrogens is 419 g/mol. The Kier molecular flexibility index (Phi) is 5.60. The number of hydrogen-bond donors (Lipinski definition) is 2. The number of carbonyl (C=O) groups excluding carboxylic acids is 1. The van der Waals surface area contributed by atoms with Gasteiger partial charge in [-0.3, -0.25) is 4.79 Å². The average molecular weight is 438 g/mol. The van der Waals surface area contributed by atoms with E-state index in [-0.39, 0.29) is 29.7 Å². The number of carbonyl (C=O) groups is 1. The predicted octanol–water partition coefficient (Wildman–Crippen LogP) is 5.27. The van der Waals surface area contributed by atoms with Crippen LogP contribution in [0.25, 0.3) is 22.2 Å². The van der Waals surface area contributed by atoms with Gasteiger partial charge in [0.25, 0.3) is 0 Å². The van der Waals surface area contributed by atoms with Gasteiger partial charge in [-0.1, -0.05) is 0 Å². The summed E-state index contributed by atoms with van der Waals surface area (Å²) in [4.78, 5) is 14.4. The molecule has 1 fully saturated rings. The Morgan fingerprint density at radius 2 is 1.87 bits per heavy atom. The Bertz CT molecular complexity index is 1140. The monoisotopic (exact) mass is 438 g/mol. The van der Waals surface area contributed by atoms with Crippen LogP contribution in [0.5, 0.6) is 5.75 Å². The van der Waals surface area contributed by atoms with Gasteiger partial charge in [0.2, 0.25) is 12.3 Å². The standard InChI is InChI=1S/C22H19F5N2O2/c23-13-8-14-19(11-5-12(6-11)22(28)30)20(29-21(14)16(25)9-13)10-1-2-15(24)17(7-10)31-4-3-18(26)27/h1-2,7-9,11-12,18,29H,3-6H2,(H2,28,30)/t11-,12+. The second-order valence-corrected chi connectivity index (χ2v) is 7.66. The van der Waals surface area contributed by atoms with E-state index in [4.69, 9.17) is 10.5 Å². The molecule has 4 rings (SSSR count). The summed E-state index contributed by atoms with van der Waals surface area (Å²) in [6.07, 6.45) is -2.29. The van der Waals surface area contributed by atoms with E-state index in [0.29, 0.717) is 35.0 Å². The highest BCUT2D eigenvalue weighted by molar-refractivity contribution is 5.92. The molecule has 0 radical (unpaired) electrons. The summed E-state index contributed by atoms with van der Waals surface area (Å²) >= 11 is 0. The number of benzene rings is 2. The number of hydrogen-bond acceptors (Lipinski definition) is 2. The zero-order valence-corrected chi connectivity index (χ0v) is 16.2. The molecule has 1 aliphatic carbocycles. The van der Waals surface area contributed by atoms with Gasteiger partial charge in [0, 0.05) is 29.4 Å². The van der Waals surface area contributed by atoms with Crippen LogP contribution in [0.1, 0.15) is 30.7 Å². The molecule has 1 saturated carbocycles. The van der Waals surface area contributed by atoms with Crippen LogP contribution in [-0.2, 0) is 4.79 Å². The van der Waals surface area contributed by atoms with E-state index < -0.39 is 36.2 Å². The minimum Gasteiger partial charge on any atom is -0.490 e. The van der Waals surface area contributed by atoms with E-state index in [1.54, 1.807) is 0 Å². The van der Waals surface area contributed by atoms with Gasteiger partial charge < -0.3 is 15.5 Å². The first-order valence-electron chi connectivity index (χ1n) is 9.75. The van der Waals surface area contributed by atoms with E-state index in [1.807, 2.05) is 0 Å². The first-order valence-corrected chi connectivity index (χ1v) is 9.75. The lowest BCUT2D eigenvalue weighted by atomic mass is 9.70. The minimum atomic E-state index is -2.58. The molecule has 31 heavy (non-hydrogen) atoms. The molecule has 0 bridgehead atoms. The van der Waals surface area contributed by atoms with E-state index in [0.717, 1.165) is 12.1 Å². The normalized spacial score (nSPS) is 18.4. The Hall–Kier alpha value is -3.10. The number of H-pyrrole nitrogens is 1. The lowest BCUT2D eigenvalue weighted by Gasteiger charge is -2.34. The second-order valence-electron chi connectivity index (χ2n) is 7.66. The van der Waals surface area contributed by atoms with Gasteiger partial charge in [0.15, 0.2) is 11.6 Å². The van der Waals surface area contributed by atoms with Gasteiger partial charge in [0.1, 0.15) is 11.6 Å². The van der Waals surface area contributed by atoms with Gasteiger partial charge in [0.05, 0.1) is 17.8 Å². The molecular formula is C22H19F5N2O2. The van der Waals surface area contributed by atoms with E-state index in [9.17, 15) is 26.7 Å². The Labute approximate surface area is 174 Å². The van der Waals surface area contributed by atoms with Crippen molar-refractivity contribution in [2.24, 2.45) is 11.7 Å². The molecule has 1 heterocycles. The fourth-order valence-corrected chi connectivity index (χ4v) is 4.01. The third kappa shape index (κ3) is 4.08. The Morgan fingerprint density at radius 1 is 1.13 bits per heavy atom. The van der Waals surface area contributed by atoms with Crippen molar-refractivity contribution >= 4 is 16.8 Å². The molecule has 9 heteroatoms. The zero-order chi connectivity index (χ0) is 22.3. The molecule has 164 valence electrons. The fourth-order valence-electron chi connectivity index (χ4n) is 4.01. The van der Waals surface area contributed by atoms with Crippen molar-refractivity contribution < 1.29 is 31.5 Å². The molecule has 0 unspecified atom stereocenters. The number of amides is 1. The Morgan fingerprint density at radius 3 is 2.55 bits per heavy atom. The average Bonchev–Trinajstić information content (AvgIpc) is 3.01. The molecule has 4 nitrogen and oxygen atoms in total. The van der Waals surface area contributed by atoms with Crippen LogP contribution in [0, 0.1) is 23.4 Å². The van der Waals surface area contributed by atoms with Crippen LogP contribution in [0.15, 0.2) is 30.3 Å². The summed E-state index contributed by atoms with van der Waals surface area (Å²) in [6, 6.07) is 5.83. The lowest BCUT2D eigenvalue weighted by Crippen LogP contribution is -2.34. The number of nitrogens with two attached hydrogens (primary N) is 1. The van der Waals surface area contributed by atoms with Crippen molar-refractivity contribution in [1.29, 1.82) is 0 Å². The maximum atomic E-state index is 14.4. The quantitative estimate of drug-likeness (QED) is 0.494. The third-order valence-corrected chi connectivity index (χ3v) is 5.63. The summed E-state index contributed by atoms with van der Waals surface area (Å²) in [5.74, 6) is -3.45. The fraction of sp³-hybridized carbons (Fsp3) is 0.318. The minimum absolute atomic E-state index is 0.0819. The van der Waals surface area contributed by atoms with Crippen molar-refractivity contribution in [1.82, 2.24) is 4.98 Å². The van der Waals surface area contributed by atoms with Crippen LogP contribution >= 0.6 is 0 Å². The molecule has 0 spiro atoms. The number of halogens is 5. The lowest BCUT2D eigenvalue weighted by molar-refractivity contribution is -0.124. The summed E-state index contributed by atoms with van der Waals surface area (Å²) in [5, 5.41) is 0.324. The molecule has 0 atom stereocenters. The number of primary amides is 1. The largest absolute Gasteiger partial charge is 0.490 e. The van der Waals surface area contributed by atoms with E-state index in [2.05, 4.69) is 4.98 Å². The number of fused-ring (bicyclic) bond motifs is 1. The maximum Gasteiger partial charge on any atom is 0.241 e. The molecule has 3 aromatic rings. The highest BCUT2D eigenvalue weighted by Crippen LogP contribution is 2.48. The van der Waals surface area contributed by atoms with E-state index >= 15 is 0 Å². The van der Waals surface area contributed by atoms with Crippen molar-refractivity contribution in [2.75, 3.05) is 6.61 Å². The summed E-state index contributed by atoms with van der Waals surface area (Å²) in [5.41, 5.74) is 6.87. The first kappa shape index (κ1) is 21.1. The first-order chi connectivity index (χ1) is 14.7. The molecule has 2 aromatic carbocycles. The highest BCUT2D eigenvalue weighted by atomic mass is 19.3.